The van der Waals surface area contributed by atoms with Crippen molar-refractivity contribution >= 4 is 29.1 Å². The molecule has 4 rings (SSSR count). The van der Waals surface area contributed by atoms with Crippen LogP contribution in [-0.2, 0) is 12.7 Å². The Balaban J connectivity index is 1.74. The number of nitrogens with zero attached hydrogens (tertiary/aromatic N) is 8. The third-order valence-corrected chi connectivity index (χ3v) is 5.61. The maximum absolute atomic E-state index is 13.6. The fraction of sp³-hybridized carbons (Fsp3) is 0.217. The highest BCUT2D eigenvalue weighted by molar-refractivity contribution is 6.32. The number of hydrogen-bond donors (Lipinski definition) is 3. The lowest BCUT2D eigenvalue weighted by Gasteiger charge is -2.15. The van der Waals surface area contributed by atoms with Gasteiger partial charge in [-0.05, 0) is 48.0 Å². The van der Waals surface area contributed by atoms with Crippen molar-refractivity contribution in [3.05, 3.63) is 75.5 Å². The highest BCUT2D eigenvalue weighted by Gasteiger charge is 2.37. The number of nitrogens with two attached hydrogens (primary N) is 1. The normalized spacial score (nSPS) is 11.2. The number of benzene rings is 1. The number of carbonyl (C=O) groups is 2. The van der Waals surface area contributed by atoms with E-state index in [1.165, 1.54) is 30.5 Å². The number of rotatable bonds is 8. The first-order valence-electron chi connectivity index (χ1n) is 11.4. The minimum Gasteiger partial charge on any atom is -0.351 e. The summed E-state index contributed by atoms with van der Waals surface area (Å²) in [5.74, 6) is -2.71. The number of aromatic nitrogens is 7. The number of carbonyl (C=O) groups excluding carboxylic acids is 2. The van der Waals surface area contributed by atoms with Gasteiger partial charge in [-0.1, -0.05) is 11.6 Å². The Kier molecular flexibility index (Phi) is 8.07. The fourth-order valence-corrected chi connectivity index (χ4v) is 3.79. The largest absolute Gasteiger partial charge is 0.455 e. The first kappa shape index (κ1) is 28.1. The van der Waals surface area contributed by atoms with Gasteiger partial charge in [0.2, 0.25) is 0 Å². The van der Waals surface area contributed by atoms with Crippen LogP contribution in [-0.4, -0.2) is 59.9 Å². The van der Waals surface area contributed by atoms with Crippen LogP contribution < -0.4 is 16.4 Å². The van der Waals surface area contributed by atoms with Crippen LogP contribution in [0.5, 0.6) is 0 Å². The molecule has 3 aromatic heterocycles. The van der Waals surface area contributed by atoms with Gasteiger partial charge in [-0.2, -0.15) is 28.3 Å². The van der Waals surface area contributed by atoms with Crippen molar-refractivity contribution in [1.29, 1.82) is 5.26 Å². The van der Waals surface area contributed by atoms with Crippen molar-refractivity contribution < 1.29 is 22.8 Å². The van der Waals surface area contributed by atoms with Gasteiger partial charge < -0.3 is 16.4 Å². The summed E-state index contributed by atoms with van der Waals surface area (Å²) in [6, 6.07) is 9.11. The number of alkyl halides is 3. The van der Waals surface area contributed by atoms with Crippen molar-refractivity contribution in [2.75, 3.05) is 18.4 Å². The molecule has 4 N–H and O–H groups in total. The minimum absolute atomic E-state index is 0.0204. The van der Waals surface area contributed by atoms with Crippen LogP contribution in [0.25, 0.3) is 5.82 Å². The third kappa shape index (κ3) is 6.06. The van der Waals surface area contributed by atoms with Gasteiger partial charge in [0, 0.05) is 19.3 Å². The molecule has 0 atom stereocenters. The zero-order valence-electron chi connectivity index (χ0n) is 20.6. The molecule has 0 bridgehead atoms. The molecule has 1 aromatic carbocycles. The molecule has 0 aliphatic rings. The molecular formula is C23H19ClF3N11O2. The molecule has 0 fully saturated rings. The number of tetrazole rings is 1. The first-order valence-corrected chi connectivity index (χ1v) is 11.8. The molecule has 13 nitrogen and oxygen atoms in total. The van der Waals surface area contributed by atoms with Crippen molar-refractivity contribution in [2.24, 2.45) is 5.73 Å². The van der Waals surface area contributed by atoms with E-state index in [1.807, 2.05) is 6.07 Å². The maximum Gasteiger partial charge on any atom is 0.455 e. The molecule has 206 valence electrons. The highest BCUT2D eigenvalue weighted by atomic mass is 35.5. The van der Waals surface area contributed by atoms with Crippen LogP contribution in [0.4, 0.5) is 18.9 Å². The molecule has 17 heteroatoms. The van der Waals surface area contributed by atoms with Crippen molar-refractivity contribution in [3.63, 3.8) is 0 Å². The van der Waals surface area contributed by atoms with E-state index in [0.29, 0.717) is 10.4 Å². The van der Waals surface area contributed by atoms with Gasteiger partial charge in [-0.25, -0.2) is 9.67 Å². The van der Waals surface area contributed by atoms with Crippen LogP contribution in [0, 0.1) is 18.3 Å². The van der Waals surface area contributed by atoms with Crippen molar-refractivity contribution in [2.45, 2.75) is 19.6 Å². The number of nitrogens with one attached hydrogen (secondary N) is 2. The van der Waals surface area contributed by atoms with Crippen LogP contribution >= 0.6 is 11.6 Å². The van der Waals surface area contributed by atoms with Crippen LogP contribution in [0.3, 0.4) is 0 Å². The van der Waals surface area contributed by atoms with Gasteiger partial charge in [0.05, 0.1) is 33.6 Å². The molecule has 0 aliphatic heterocycles. The highest BCUT2D eigenvalue weighted by Crippen LogP contribution is 2.27. The lowest BCUT2D eigenvalue weighted by molar-refractivity contribution is -0.145. The summed E-state index contributed by atoms with van der Waals surface area (Å²) < 4.78 is 39.8. The van der Waals surface area contributed by atoms with Crippen LogP contribution in [0.15, 0.2) is 36.5 Å². The zero-order chi connectivity index (χ0) is 29.0. The molecule has 0 saturated carbocycles. The summed E-state index contributed by atoms with van der Waals surface area (Å²) >= 11 is 6.28. The smallest absolute Gasteiger partial charge is 0.351 e. The van der Waals surface area contributed by atoms with E-state index in [-0.39, 0.29) is 58.7 Å². The Morgan fingerprint density at radius 2 is 1.98 bits per heavy atom. The van der Waals surface area contributed by atoms with E-state index >= 15 is 0 Å². The molecule has 4 aromatic rings. The number of amides is 2. The van der Waals surface area contributed by atoms with Gasteiger partial charge in [-0.3, -0.25) is 9.59 Å². The molecule has 0 radical (unpaired) electrons. The molecule has 0 spiro atoms. The van der Waals surface area contributed by atoms with E-state index in [4.69, 9.17) is 17.3 Å². The fourth-order valence-electron chi connectivity index (χ4n) is 3.59. The van der Waals surface area contributed by atoms with Crippen molar-refractivity contribution in [3.8, 4) is 11.9 Å². The molecule has 0 unspecified atom stereocenters. The molecule has 3 heterocycles. The lowest BCUT2D eigenvalue weighted by atomic mass is 10.0. The second-order valence-corrected chi connectivity index (χ2v) is 8.62. The van der Waals surface area contributed by atoms with Gasteiger partial charge in [0.15, 0.2) is 5.82 Å². The molecule has 0 aliphatic carbocycles. The Morgan fingerprint density at radius 3 is 2.62 bits per heavy atom. The minimum atomic E-state index is -4.79. The number of aryl methyl sites for hydroxylation is 1. The van der Waals surface area contributed by atoms with E-state index in [1.54, 1.807) is 13.0 Å². The summed E-state index contributed by atoms with van der Waals surface area (Å²) in [5, 5.41) is 28.7. The predicted octanol–water partition coefficient (Wildman–Crippen LogP) is 2.10. The summed E-state index contributed by atoms with van der Waals surface area (Å²) in [6.07, 6.45) is -3.39. The number of halogens is 4. The predicted molar refractivity (Wildman–Crippen MR) is 134 cm³/mol. The first-order chi connectivity index (χ1) is 19.0. The number of nitriles is 1. The standard InChI is InChI=1S/C23H19ClF3N11O2/c1-12-7-13(10-29)8-15(20(39)31-6-4-28)18(12)32-21(40)17-9-14(11-37-35-22(33-36-37)23(25,26)27)34-38(17)19-16(24)3-2-5-30-19/h2-3,5,7-9H,4,6,11,28H2,1H3,(H,31,39)(H,32,40). The Hall–Kier alpha value is -4.88. The van der Waals surface area contributed by atoms with Gasteiger partial charge >= 0.3 is 6.18 Å². The number of anilines is 1. The Bertz CT molecular complexity index is 1620. The monoisotopic (exact) mass is 573 g/mol. The topological polar surface area (TPSA) is 182 Å². The molecule has 40 heavy (non-hydrogen) atoms. The van der Waals surface area contributed by atoms with Crippen LogP contribution in [0.2, 0.25) is 5.02 Å². The molecule has 2 amide bonds. The molecule has 0 saturated heterocycles. The zero-order valence-corrected chi connectivity index (χ0v) is 21.3. The van der Waals surface area contributed by atoms with E-state index in [9.17, 15) is 28.0 Å². The van der Waals surface area contributed by atoms with Gasteiger partial charge in [0.1, 0.15) is 12.2 Å². The maximum atomic E-state index is 13.6. The number of hydrogen-bond acceptors (Lipinski definition) is 9. The second kappa shape index (κ2) is 11.5. The third-order valence-electron chi connectivity index (χ3n) is 5.32. The molecular weight excluding hydrogens is 555 g/mol. The summed E-state index contributed by atoms with van der Waals surface area (Å²) in [5.41, 5.74) is 6.17. The van der Waals surface area contributed by atoms with E-state index in [0.717, 1.165) is 4.68 Å². The second-order valence-electron chi connectivity index (χ2n) is 8.21. The van der Waals surface area contributed by atoms with E-state index < -0.39 is 23.8 Å². The van der Waals surface area contributed by atoms with E-state index in [2.05, 4.69) is 36.1 Å². The average molecular weight is 574 g/mol. The van der Waals surface area contributed by atoms with Crippen LogP contribution in [0.1, 0.15) is 43.5 Å². The number of pyridine rings is 1. The summed E-state index contributed by atoms with van der Waals surface area (Å²) in [6.45, 7) is 1.55. The summed E-state index contributed by atoms with van der Waals surface area (Å²) in [4.78, 5) is 31.2. The lowest BCUT2D eigenvalue weighted by Crippen LogP contribution is -2.30. The van der Waals surface area contributed by atoms with Gasteiger partial charge in [-0.15, -0.1) is 10.2 Å². The summed E-state index contributed by atoms with van der Waals surface area (Å²) in [7, 11) is 0. The SMILES string of the molecule is Cc1cc(C#N)cc(C(=O)NCCN)c1NC(=O)c1cc(Cn2nnc(C(F)(F)F)n2)nn1-c1ncccc1Cl. The Morgan fingerprint density at radius 1 is 1.20 bits per heavy atom. The quantitative estimate of drug-likeness (QED) is 0.284. The van der Waals surface area contributed by atoms with Gasteiger partial charge in [0.25, 0.3) is 17.6 Å². The van der Waals surface area contributed by atoms with Crippen molar-refractivity contribution in [1.82, 2.24) is 40.3 Å². The Labute approximate surface area is 228 Å². The average Bonchev–Trinajstić information content (AvgIpc) is 3.56.